The van der Waals surface area contributed by atoms with E-state index in [1.165, 1.54) is 0 Å². The van der Waals surface area contributed by atoms with E-state index in [-0.39, 0.29) is 17.1 Å². The number of benzene rings is 1. The van der Waals surface area contributed by atoms with Crippen LogP contribution in [0.1, 0.15) is 32.6 Å². The molecule has 0 radical (unpaired) electrons. The van der Waals surface area contributed by atoms with Crippen LogP contribution in [0.5, 0.6) is 5.75 Å². The third-order valence-corrected chi connectivity index (χ3v) is 4.56. The van der Waals surface area contributed by atoms with Crippen LogP contribution in [0.3, 0.4) is 0 Å². The summed E-state index contributed by atoms with van der Waals surface area (Å²) in [6.07, 6.45) is 3.74. The van der Waals surface area contributed by atoms with Gasteiger partial charge in [-0.2, -0.15) is 0 Å². The Balaban J connectivity index is 2.18. The van der Waals surface area contributed by atoms with E-state index in [0.29, 0.717) is 16.7 Å². The highest BCUT2D eigenvalue weighted by molar-refractivity contribution is 9.10. The minimum absolute atomic E-state index is 0.0000463. The van der Waals surface area contributed by atoms with Crippen LogP contribution in [0.25, 0.3) is 0 Å². The van der Waals surface area contributed by atoms with Gasteiger partial charge in [0.25, 0.3) is 0 Å². The molecule has 2 rings (SSSR count). The van der Waals surface area contributed by atoms with Gasteiger partial charge in [-0.1, -0.05) is 19.4 Å². The number of para-hydroxylation sites is 1. The van der Waals surface area contributed by atoms with Crippen molar-refractivity contribution in [3.8, 4) is 5.75 Å². The summed E-state index contributed by atoms with van der Waals surface area (Å²) >= 11 is 3.26. The number of carbonyl (C=O) groups excluding carboxylic acids is 1. The molecule has 1 unspecified atom stereocenters. The molecule has 1 aromatic carbocycles. The van der Waals surface area contributed by atoms with Gasteiger partial charge in [0.15, 0.2) is 5.75 Å². The minimum atomic E-state index is -0.359. The lowest BCUT2D eigenvalue weighted by atomic mass is 9.76. The van der Waals surface area contributed by atoms with Crippen LogP contribution in [0, 0.1) is 5.41 Å². The summed E-state index contributed by atoms with van der Waals surface area (Å²) in [6, 6.07) is 5.26. The summed E-state index contributed by atoms with van der Waals surface area (Å²) in [5.74, 6) is 0.0798. The van der Waals surface area contributed by atoms with Crippen molar-refractivity contribution in [1.29, 1.82) is 0 Å². The van der Waals surface area contributed by atoms with Crippen LogP contribution in [-0.4, -0.2) is 24.1 Å². The van der Waals surface area contributed by atoms with Crippen molar-refractivity contribution >= 4 is 27.5 Å². The highest BCUT2D eigenvalue weighted by Crippen LogP contribution is 2.36. The number of phenolic OH excluding ortho intramolecular Hbond substituents is 1. The maximum Gasteiger partial charge on any atom is 0.231 e. The molecule has 1 fully saturated rings. The Bertz CT molecular complexity index is 479. The largest absolute Gasteiger partial charge is 0.505 e. The highest BCUT2D eigenvalue weighted by Gasteiger charge is 2.38. The van der Waals surface area contributed by atoms with E-state index in [1.54, 1.807) is 18.2 Å². The monoisotopic (exact) mass is 340 g/mol. The van der Waals surface area contributed by atoms with Crippen molar-refractivity contribution in [1.82, 2.24) is 5.32 Å². The second kappa shape index (κ2) is 6.59. The molecule has 1 amide bonds. The Hall–Kier alpha value is -1.07. The van der Waals surface area contributed by atoms with Crippen molar-refractivity contribution in [2.75, 3.05) is 18.4 Å². The molecule has 1 atom stereocenters. The highest BCUT2D eigenvalue weighted by atomic mass is 79.9. The van der Waals surface area contributed by atoms with E-state index < -0.39 is 0 Å². The van der Waals surface area contributed by atoms with Gasteiger partial charge in [-0.15, -0.1) is 0 Å². The van der Waals surface area contributed by atoms with Gasteiger partial charge in [-0.25, -0.2) is 0 Å². The summed E-state index contributed by atoms with van der Waals surface area (Å²) < 4.78 is 0.585. The number of carbonyl (C=O) groups is 1. The number of hydrogen-bond acceptors (Lipinski definition) is 3. The van der Waals surface area contributed by atoms with Gasteiger partial charge in [0, 0.05) is 6.54 Å². The lowest BCUT2D eigenvalue weighted by Gasteiger charge is -2.36. The molecule has 1 aromatic rings. The number of rotatable bonds is 4. The number of phenols is 1. The smallest absolute Gasteiger partial charge is 0.231 e. The quantitative estimate of drug-likeness (QED) is 0.737. The van der Waals surface area contributed by atoms with E-state index in [2.05, 4.69) is 33.5 Å². The average Bonchev–Trinajstić information content (AvgIpc) is 2.45. The fourth-order valence-electron chi connectivity index (χ4n) is 2.84. The molecule has 0 saturated carbocycles. The van der Waals surface area contributed by atoms with Crippen LogP contribution < -0.4 is 10.6 Å². The number of anilines is 1. The molecule has 1 aliphatic rings. The molecule has 0 aliphatic carbocycles. The summed E-state index contributed by atoms with van der Waals surface area (Å²) in [4.78, 5) is 12.7. The Morgan fingerprint density at radius 3 is 3.00 bits per heavy atom. The second-order valence-corrected chi connectivity index (χ2v) is 6.26. The molecular weight excluding hydrogens is 320 g/mol. The maximum atomic E-state index is 12.7. The van der Waals surface area contributed by atoms with Crippen molar-refractivity contribution < 1.29 is 9.90 Å². The van der Waals surface area contributed by atoms with Crippen molar-refractivity contribution in [2.45, 2.75) is 32.6 Å². The summed E-state index contributed by atoms with van der Waals surface area (Å²) in [7, 11) is 0. The molecule has 20 heavy (non-hydrogen) atoms. The topological polar surface area (TPSA) is 61.4 Å². The Morgan fingerprint density at radius 1 is 1.55 bits per heavy atom. The molecule has 0 spiro atoms. The molecule has 0 aromatic heterocycles. The van der Waals surface area contributed by atoms with Gasteiger partial charge in [0.05, 0.1) is 15.6 Å². The van der Waals surface area contributed by atoms with E-state index in [4.69, 9.17) is 0 Å². The summed E-state index contributed by atoms with van der Waals surface area (Å²) in [5.41, 5.74) is 0.104. The molecule has 0 bridgehead atoms. The Morgan fingerprint density at radius 2 is 2.35 bits per heavy atom. The third-order valence-electron chi connectivity index (χ3n) is 3.92. The first-order valence-corrected chi connectivity index (χ1v) is 7.88. The molecule has 5 heteroatoms. The van der Waals surface area contributed by atoms with E-state index >= 15 is 0 Å². The molecule has 4 nitrogen and oxygen atoms in total. The van der Waals surface area contributed by atoms with Crippen LogP contribution in [0.2, 0.25) is 0 Å². The number of amides is 1. The molecule has 3 N–H and O–H groups in total. The lowest BCUT2D eigenvalue weighted by molar-refractivity contribution is -0.127. The zero-order valence-corrected chi connectivity index (χ0v) is 13.3. The number of nitrogens with one attached hydrogen (secondary N) is 2. The van der Waals surface area contributed by atoms with Crippen molar-refractivity contribution in [3.63, 3.8) is 0 Å². The van der Waals surface area contributed by atoms with E-state index in [9.17, 15) is 9.90 Å². The van der Waals surface area contributed by atoms with Gasteiger partial charge in [0.2, 0.25) is 5.91 Å². The van der Waals surface area contributed by atoms with E-state index in [1.807, 2.05) is 0 Å². The third kappa shape index (κ3) is 3.15. The second-order valence-electron chi connectivity index (χ2n) is 5.40. The zero-order chi connectivity index (χ0) is 14.6. The predicted molar refractivity (Wildman–Crippen MR) is 83.9 cm³/mol. The number of halogens is 1. The first-order valence-electron chi connectivity index (χ1n) is 7.09. The molecular formula is C15H21BrN2O2. The van der Waals surface area contributed by atoms with Gasteiger partial charge < -0.3 is 15.7 Å². The number of piperidine rings is 1. The average molecular weight is 341 g/mol. The number of hydrogen-bond donors (Lipinski definition) is 3. The van der Waals surface area contributed by atoms with Crippen LogP contribution in [0.4, 0.5) is 5.69 Å². The van der Waals surface area contributed by atoms with Gasteiger partial charge in [0.1, 0.15) is 0 Å². The van der Waals surface area contributed by atoms with Crippen molar-refractivity contribution in [3.05, 3.63) is 22.7 Å². The fraction of sp³-hybridized carbons (Fsp3) is 0.533. The van der Waals surface area contributed by atoms with Gasteiger partial charge in [-0.05, 0) is 53.9 Å². The van der Waals surface area contributed by atoms with Crippen LogP contribution >= 0.6 is 15.9 Å². The molecule has 110 valence electrons. The Kier molecular flexibility index (Phi) is 5.05. The van der Waals surface area contributed by atoms with Crippen LogP contribution in [-0.2, 0) is 4.79 Å². The molecule has 1 heterocycles. The minimum Gasteiger partial charge on any atom is -0.505 e. The Labute approximate surface area is 128 Å². The first-order chi connectivity index (χ1) is 9.59. The fourth-order valence-corrected chi connectivity index (χ4v) is 3.20. The summed E-state index contributed by atoms with van der Waals surface area (Å²) in [5, 5.41) is 16.2. The first kappa shape index (κ1) is 15.3. The number of aromatic hydroxyl groups is 1. The normalized spacial score (nSPS) is 22.5. The molecule has 1 aliphatic heterocycles. The summed E-state index contributed by atoms with van der Waals surface area (Å²) in [6.45, 7) is 3.78. The lowest BCUT2D eigenvalue weighted by Crippen LogP contribution is -2.48. The van der Waals surface area contributed by atoms with Gasteiger partial charge >= 0.3 is 0 Å². The van der Waals surface area contributed by atoms with Crippen LogP contribution in [0.15, 0.2) is 22.7 Å². The zero-order valence-electron chi connectivity index (χ0n) is 11.7. The standard InChI is InChI=1S/C15H21BrN2O2/c1-2-7-15(8-4-9-17-10-15)14(20)18-12-6-3-5-11(16)13(12)19/h3,5-6,17,19H,2,4,7-10H2,1H3,(H,18,20). The molecule has 1 saturated heterocycles. The predicted octanol–water partition coefficient (Wildman–Crippen LogP) is 3.26. The van der Waals surface area contributed by atoms with E-state index in [0.717, 1.165) is 32.2 Å². The SMILES string of the molecule is CCCC1(C(=O)Nc2cccc(Br)c2O)CCCNC1. The van der Waals surface area contributed by atoms with Crippen molar-refractivity contribution in [2.24, 2.45) is 5.41 Å². The maximum absolute atomic E-state index is 12.7. The van der Waals surface area contributed by atoms with Gasteiger partial charge in [-0.3, -0.25) is 4.79 Å².